The summed E-state index contributed by atoms with van der Waals surface area (Å²) >= 11 is 13.7. The van der Waals surface area contributed by atoms with Gasteiger partial charge in [0.15, 0.2) is 0 Å². The fourth-order valence-corrected chi connectivity index (χ4v) is 7.34. The van der Waals surface area contributed by atoms with Crippen LogP contribution >= 0.6 is 63.7 Å². The third-order valence-corrected chi connectivity index (χ3v) is 11.6. The summed E-state index contributed by atoms with van der Waals surface area (Å²) in [5.74, 6) is -1.90. The molecule has 39 heavy (non-hydrogen) atoms. The van der Waals surface area contributed by atoms with E-state index in [-0.39, 0.29) is 35.7 Å². The minimum absolute atomic E-state index is 0.0673. The summed E-state index contributed by atoms with van der Waals surface area (Å²) in [6, 6.07) is 12.4. The zero-order valence-corrected chi connectivity index (χ0v) is 27.0. The van der Waals surface area contributed by atoms with Crippen molar-refractivity contribution in [1.29, 1.82) is 0 Å². The maximum atomic E-state index is 13.4. The van der Waals surface area contributed by atoms with Gasteiger partial charge in [-0.3, -0.25) is 19.2 Å². The Kier molecular flexibility index (Phi) is 7.89. The van der Waals surface area contributed by atoms with Crippen molar-refractivity contribution in [2.45, 2.75) is 26.7 Å². The Hall–Kier alpha value is -2.34. The topological polar surface area (TPSA) is 84.0 Å². The van der Waals surface area contributed by atoms with Crippen molar-refractivity contribution in [2.75, 3.05) is 16.3 Å². The average molecular weight is 784 g/mol. The van der Waals surface area contributed by atoms with Crippen LogP contribution in [-0.4, -0.2) is 30.2 Å². The van der Waals surface area contributed by atoms with Gasteiger partial charge in [0, 0.05) is 36.5 Å². The highest BCUT2D eigenvalue weighted by atomic mass is 79.9. The molecule has 0 unspecified atom stereocenters. The van der Waals surface area contributed by atoms with E-state index in [1.54, 1.807) is 30.0 Å². The minimum atomic E-state index is -0.606. The smallest absolute Gasteiger partial charge is 0.316 e. The predicted molar refractivity (Wildman–Crippen MR) is 161 cm³/mol. The molecule has 0 radical (unpaired) electrons. The first-order valence-electron chi connectivity index (χ1n) is 12.0. The monoisotopic (exact) mass is 780 g/mol. The Balaban J connectivity index is 1.35. The Morgan fingerprint density at radius 2 is 1.51 bits per heavy atom. The maximum absolute atomic E-state index is 13.4. The highest BCUT2D eigenvalue weighted by molar-refractivity contribution is 9.15. The number of amides is 3. The molecule has 0 N–H and O–H groups in total. The van der Waals surface area contributed by atoms with Crippen LogP contribution in [0, 0.1) is 12.8 Å². The molecular formula is C28H20Br4N2O5. The number of imide groups is 1. The molecule has 0 aliphatic carbocycles. The lowest BCUT2D eigenvalue weighted by Gasteiger charge is -2.20. The highest BCUT2D eigenvalue weighted by Crippen LogP contribution is 2.46. The number of nitrogens with zero attached hydrogens (tertiary/aromatic N) is 2. The highest BCUT2D eigenvalue weighted by Gasteiger charge is 2.42. The van der Waals surface area contributed by atoms with E-state index in [2.05, 4.69) is 63.7 Å². The van der Waals surface area contributed by atoms with Crippen LogP contribution in [0.5, 0.6) is 5.75 Å². The van der Waals surface area contributed by atoms with E-state index in [4.69, 9.17) is 4.74 Å². The zero-order chi connectivity index (χ0) is 28.2. The number of rotatable bonds is 5. The quantitative estimate of drug-likeness (QED) is 0.0888. The lowest BCUT2D eigenvalue weighted by molar-refractivity contribution is -0.139. The fraction of sp³-hybridized carbons (Fsp3) is 0.214. The summed E-state index contributed by atoms with van der Waals surface area (Å²) < 4.78 is 7.80. The first-order chi connectivity index (χ1) is 18.5. The normalized spacial score (nSPS) is 16.8. The summed E-state index contributed by atoms with van der Waals surface area (Å²) in [5.41, 5.74) is 3.30. The van der Waals surface area contributed by atoms with E-state index >= 15 is 0 Å². The molecule has 2 aliphatic heterocycles. The molecule has 0 bridgehead atoms. The maximum Gasteiger partial charge on any atom is 0.316 e. The number of halogens is 4. The Labute approximate surface area is 258 Å². The number of esters is 1. The van der Waals surface area contributed by atoms with Crippen LogP contribution in [0.15, 0.2) is 60.4 Å². The Morgan fingerprint density at radius 3 is 2.10 bits per heavy atom. The number of para-hydroxylation sites is 1. The molecule has 1 atom stereocenters. The zero-order valence-electron chi connectivity index (χ0n) is 20.7. The molecule has 3 amide bonds. The Morgan fingerprint density at radius 1 is 0.897 bits per heavy atom. The second-order valence-electron chi connectivity index (χ2n) is 9.21. The van der Waals surface area contributed by atoms with Crippen LogP contribution in [-0.2, 0) is 16.0 Å². The number of fused-ring (bicyclic) bond motifs is 1. The summed E-state index contributed by atoms with van der Waals surface area (Å²) in [6.07, 6.45) is 0.841. The molecule has 7 nitrogen and oxygen atoms in total. The molecule has 1 saturated heterocycles. The first kappa shape index (κ1) is 28.2. The number of benzene rings is 3. The second-order valence-corrected chi connectivity index (χ2v) is 12.4. The van der Waals surface area contributed by atoms with Crippen LogP contribution in [0.1, 0.15) is 45.2 Å². The molecule has 5 rings (SSSR count). The van der Waals surface area contributed by atoms with E-state index in [9.17, 15) is 19.2 Å². The van der Waals surface area contributed by atoms with E-state index in [0.29, 0.717) is 29.1 Å². The molecule has 2 aliphatic rings. The molecule has 0 aromatic heterocycles. The van der Waals surface area contributed by atoms with Crippen LogP contribution in [0.4, 0.5) is 11.4 Å². The van der Waals surface area contributed by atoms with Crippen molar-refractivity contribution in [1.82, 2.24) is 0 Å². The molecule has 200 valence electrons. The van der Waals surface area contributed by atoms with Gasteiger partial charge in [-0.25, -0.2) is 4.90 Å². The van der Waals surface area contributed by atoms with Gasteiger partial charge in [-0.05, 0) is 112 Å². The number of aryl methyl sites for hydroxylation is 2. The summed E-state index contributed by atoms with van der Waals surface area (Å²) in [5, 5.41) is 0. The first-order valence-corrected chi connectivity index (χ1v) is 15.2. The van der Waals surface area contributed by atoms with E-state index in [1.807, 2.05) is 31.2 Å². The van der Waals surface area contributed by atoms with Crippen molar-refractivity contribution in [3.05, 3.63) is 82.6 Å². The molecule has 0 saturated carbocycles. The van der Waals surface area contributed by atoms with E-state index in [1.165, 1.54) is 0 Å². The number of ether oxygens (including phenoxy) is 1. The van der Waals surface area contributed by atoms with Crippen LogP contribution in [0.25, 0.3) is 0 Å². The molecule has 3 aromatic rings. The number of carbonyl (C=O) groups is 4. The van der Waals surface area contributed by atoms with Crippen LogP contribution in [0.2, 0.25) is 0 Å². The molecule has 11 heteroatoms. The predicted octanol–water partition coefficient (Wildman–Crippen LogP) is 7.37. The number of hydrogen-bond donors (Lipinski definition) is 0. The van der Waals surface area contributed by atoms with Gasteiger partial charge >= 0.3 is 5.97 Å². The molecule has 2 heterocycles. The number of carbonyl (C=O) groups excluding carboxylic acids is 4. The fourth-order valence-electron chi connectivity index (χ4n) is 4.88. The number of anilines is 2. The van der Waals surface area contributed by atoms with Gasteiger partial charge in [0.1, 0.15) is 5.75 Å². The summed E-state index contributed by atoms with van der Waals surface area (Å²) in [4.78, 5) is 55.2. The molecular weight excluding hydrogens is 764 g/mol. The lowest BCUT2D eigenvalue weighted by Crippen LogP contribution is -2.30. The summed E-state index contributed by atoms with van der Waals surface area (Å²) in [7, 11) is 0. The van der Waals surface area contributed by atoms with Gasteiger partial charge < -0.3 is 9.64 Å². The molecule has 3 aromatic carbocycles. The van der Waals surface area contributed by atoms with Crippen LogP contribution < -0.4 is 14.5 Å². The van der Waals surface area contributed by atoms with Crippen molar-refractivity contribution in [2.24, 2.45) is 5.92 Å². The van der Waals surface area contributed by atoms with E-state index < -0.39 is 23.7 Å². The number of hydrogen-bond acceptors (Lipinski definition) is 5. The minimum Gasteiger partial charge on any atom is -0.426 e. The van der Waals surface area contributed by atoms with Crippen molar-refractivity contribution in [3.63, 3.8) is 0 Å². The van der Waals surface area contributed by atoms with Gasteiger partial charge in [0.25, 0.3) is 11.8 Å². The Bertz CT molecular complexity index is 1540. The standard InChI is InChI=1S/C28H20Br4N2O5/c1-3-14-6-4-5-7-18(14)33-12-15(11-19(33)35)28(38)39-16-8-9-17(13(2)10-16)34-26(36)20-21(27(34)37)23(30)25(32)24(31)22(20)29/h4-10,15H,3,11-12H2,1-2H3/t15-/m1/s1. The average Bonchev–Trinajstić information content (AvgIpc) is 3.43. The molecule has 1 fully saturated rings. The van der Waals surface area contributed by atoms with E-state index in [0.717, 1.165) is 22.6 Å². The second kappa shape index (κ2) is 10.9. The van der Waals surface area contributed by atoms with Gasteiger partial charge in [-0.1, -0.05) is 25.1 Å². The van der Waals surface area contributed by atoms with Crippen LogP contribution in [0.3, 0.4) is 0 Å². The third kappa shape index (κ3) is 4.81. The van der Waals surface area contributed by atoms with Gasteiger partial charge in [-0.2, -0.15) is 0 Å². The van der Waals surface area contributed by atoms with Crippen molar-refractivity contribution < 1.29 is 23.9 Å². The SMILES string of the molecule is CCc1ccccc1N1C[C@H](C(=O)Oc2ccc(N3C(=O)c4c(Br)c(Br)c(Br)c(Br)c4C3=O)c(C)c2)CC1=O. The lowest BCUT2D eigenvalue weighted by atomic mass is 10.1. The van der Waals surface area contributed by atoms with Crippen molar-refractivity contribution in [3.8, 4) is 5.75 Å². The van der Waals surface area contributed by atoms with Gasteiger partial charge in [0.2, 0.25) is 5.91 Å². The van der Waals surface area contributed by atoms with Gasteiger partial charge in [-0.15, -0.1) is 0 Å². The van der Waals surface area contributed by atoms with Crippen molar-refractivity contribution >= 4 is 98.8 Å². The summed E-state index contributed by atoms with van der Waals surface area (Å²) in [6.45, 7) is 4.00. The largest absolute Gasteiger partial charge is 0.426 e. The third-order valence-electron chi connectivity index (χ3n) is 6.85. The van der Waals surface area contributed by atoms with Gasteiger partial charge in [0.05, 0.1) is 22.7 Å². The molecule has 0 spiro atoms.